The van der Waals surface area contributed by atoms with Gasteiger partial charge in [0.2, 0.25) is 0 Å². The fraction of sp³-hybridized carbons (Fsp3) is 0.364. The third-order valence-electron chi connectivity index (χ3n) is 1.51. The molecule has 0 amide bonds. The van der Waals surface area contributed by atoms with Crippen molar-refractivity contribution in [3.8, 4) is 6.07 Å². The van der Waals surface area contributed by atoms with Gasteiger partial charge in [-0.15, -0.1) is 0 Å². The van der Waals surface area contributed by atoms with Crippen molar-refractivity contribution in [1.82, 2.24) is 5.32 Å². The van der Waals surface area contributed by atoms with E-state index in [1.807, 2.05) is 13.8 Å². The molecule has 0 aromatic carbocycles. The zero-order valence-electron chi connectivity index (χ0n) is 8.25. The number of nitrogens with zero attached hydrogens (tertiary/aromatic N) is 1. The van der Waals surface area contributed by atoms with E-state index in [0.717, 1.165) is 5.57 Å². The Morgan fingerprint density at radius 1 is 1.46 bits per heavy atom. The van der Waals surface area contributed by atoms with Crippen LogP contribution in [0.3, 0.4) is 0 Å². The summed E-state index contributed by atoms with van der Waals surface area (Å²) in [6.07, 6.45) is 5.12. The smallest absolute Gasteiger partial charge is 0.121 e. The Balaban J connectivity index is 4.55. The van der Waals surface area contributed by atoms with Crippen LogP contribution in [0.5, 0.6) is 0 Å². The topological polar surface area (TPSA) is 35.8 Å². The second-order valence-electron chi connectivity index (χ2n) is 2.99. The molecule has 2 heteroatoms. The Labute approximate surface area is 80.3 Å². The van der Waals surface area contributed by atoms with Crippen molar-refractivity contribution in [2.45, 2.75) is 25.9 Å². The minimum atomic E-state index is -0.296. The van der Waals surface area contributed by atoms with E-state index in [9.17, 15) is 0 Å². The molecule has 0 aliphatic carbocycles. The first-order valence-corrected chi connectivity index (χ1v) is 4.26. The lowest BCUT2D eigenvalue weighted by Gasteiger charge is -2.14. The summed E-state index contributed by atoms with van der Waals surface area (Å²) >= 11 is 0. The molecule has 0 fully saturated rings. The molecule has 0 bridgehead atoms. The van der Waals surface area contributed by atoms with E-state index in [-0.39, 0.29) is 12.1 Å². The predicted molar refractivity (Wildman–Crippen MR) is 56.1 cm³/mol. The Kier molecular flexibility index (Phi) is 5.58. The van der Waals surface area contributed by atoms with Crippen LogP contribution >= 0.6 is 0 Å². The Hall–Kier alpha value is -1.33. The molecule has 1 N–H and O–H groups in total. The molecule has 0 aliphatic heterocycles. The zero-order valence-corrected chi connectivity index (χ0v) is 8.25. The number of nitrogens with one attached hydrogen (secondary N) is 1. The first-order chi connectivity index (χ1) is 6.15. The van der Waals surface area contributed by atoms with Crippen molar-refractivity contribution in [2.24, 2.45) is 0 Å². The van der Waals surface area contributed by atoms with E-state index in [1.165, 1.54) is 0 Å². The van der Waals surface area contributed by atoms with E-state index in [4.69, 9.17) is 5.26 Å². The molecule has 70 valence electrons. The quantitative estimate of drug-likeness (QED) is 0.652. The van der Waals surface area contributed by atoms with Gasteiger partial charge in [0.25, 0.3) is 0 Å². The minimum Gasteiger partial charge on any atom is -0.296 e. The van der Waals surface area contributed by atoms with Crippen LogP contribution < -0.4 is 5.32 Å². The summed E-state index contributed by atoms with van der Waals surface area (Å²) in [4.78, 5) is 0. The average Bonchev–Trinajstić information content (AvgIpc) is 2.10. The molecule has 0 radical (unpaired) electrons. The van der Waals surface area contributed by atoms with Crippen molar-refractivity contribution < 1.29 is 0 Å². The highest BCUT2D eigenvalue weighted by Crippen LogP contribution is 2.04. The Bertz CT molecular complexity index is 243. The maximum atomic E-state index is 8.87. The minimum absolute atomic E-state index is 0.276. The lowest BCUT2D eigenvalue weighted by molar-refractivity contribution is 0.574. The van der Waals surface area contributed by atoms with Crippen LogP contribution in [0.1, 0.15) is 13.8 Å². The van der Waals surface area contributed by atoms with E-state index < -0.39 is 0 Å². The van der Waals surface area contributed by atoms with E-state index in [1.54, 1.807) is 18.2 Å². The number of nitriles is 1. The maximum absolute atomic E-state index is 8.87. The monoisotopic (exact) mass is 176 g/mol. The van der Waals surface area contributed by atoms with E-state index in [2.05, 4.69) is 24.5 Å². The van der Waals surface area contributed by atoms with Gasteiger partial charge in [-0.1, -0.05) is 31.4 Å². The molecule has 0 saturated carbocycles. The molecule has 13 heavy (non-hydrogen) atoms. The fourth-order valence-corrected chi connectivity index (χ4v) is 0.960. The first-order valence-electron chi connectivity index (χ1n) is 4.26. The van der Waals surface area contributed by atoms with Gasteiger partial charge in [-0.3, -0.25) is 5.32 Å². The second kappa shape index (κ2) is 6.22. The predicted octanol–water partition coefficient (Wildman–Crippen LogP) is 2.17. The summed E-state index contributed by atoms with van der Waals surface area (Å²) in [7, 11) is 0. The summed E-state index contributed by atoms with van der Waals surface area (Å²) in [6, 6.07) is 2.15. The third kappa shape index (κ3) is 4.29. The number of hydrogen-bond acceptors (Lipinski definition) is 2. The van der Waals surface area contributed by atoms with Gasteiger partial charge in [-0.05, 0) is 19.4 Å². The SMILES string of the molecule is C=C/C=C(\C=C)C(C#N)NC(C)C. The summed E-state index contributed by atoms with van der Waals surface area (Å²) in [5.41, 5.74) is 0.853. The van der Waals surface area contributed by atoms with Crippen LogP contribution in [0.4, 0.5) is 0 Å². The molecular formula is C11H16N2. The van der Waals surface area contributed by atoms with Gasteiger partial charge in [0.1, 0.15) is 6.04 Å². The Morgan fingerprint density at radius 2 is 2.08 bits per heavy atom. The highest BCUT2D eigenvalue weighted by atomic mass is 14.9. The highest BCUT2D eigenvalue weighted by molar-refractivity contribution is 5.31. The lowest BCUT2D eigenvalue weighted by atomic mass is 10.1. The third-order valence-corrected chi connectivity index (χ3v) is 1.51. The Morgan fingerprint density at radius 3 is 2.38 bits per heavy atom. The highest BCUT2D eigenvalue weighted by Gasteiger charge is 2.10. The number of hydrogen-bond donors (Lipinski definition) is 1. The van der Waals surface area contributed by atoms with Crippen LogP contribution in [-0.4, -0.2) is 12.1 Å². The largest absolute Gasteiger partial charge is 0.296 e. The normalized spacial score (nSPS) is 13.5. The molecule has 1 atom stereocenters. The standard InChI is InChI=1S/C11H16N2/c1-5-7-10(6-2)11(8-12)13-9(3)4/h5-7,9,11,13H,1-2H2,3-4H3/b10-7+. The molecule has 0 heterocycles. The molecule has 1 unspecified atom stereocenters. The van der Waals surface area contributed by atoms with Crippen molar-refractivity contribution in [3.63, 3.8) is 0 Å². The first kappa shape index (κ1) is 11.7. The van der Waals surface area contributed by atoms with Crippen LogP contribution in [0.15, 0.2) is 37.0 Å². The van der Waals surface area contributed by atoms with E-state index in [0.29, 0.717) is 0 Å². The van der Waals surface area contributed by atoms with Gasteiger partial charge < -0.3 is 0 Å². The van der Waals surface area contributed by atoms with Gasteiger partial charge in [0.15, 0.2) is 0 Å². The van der Waals surface area contributed by atoms with Crippen molar-refractivity contribution in [3.05, 3.63) is 37.0 Å². The summed E-state index contributed by atoms with van der Waals surface area (Å²) in [6.45, 7) is 11.2. The van der Waals surface area contributed by atoms with Crippen molar-refractivity contribution >= 4 is 0 Å². The van der Waals surface area contributed by atoms with Crippen molar-refractivity contribution in [2.75, 3.05) is 0 Å². The second-order valence-corrected chi connectivity index (χ2v) is 2.99. The van der Waals surface area contributed by atoms with Gasteiger partial charge in [0.05, 0.1) is 6.07 Å². The maximum Gasteiger partial charge on any atom is 0.121 e. The van der Waals surface area contributed by atoms with Crippen molar-refractivity contribution in [1.29, 1.82) is 5.26 Å². The zero-order chi connectivity index (χ0) is 10.3. The van der Waals surface area contributed by atoms with Gasteiger partial charge in [-0.25, -0.2) is 0 Å². The van der Waals surface area contributed by atoms with Gasteiger partial charge in [0, 0.05) is 6.04 Å². The molecule has 0 spiro atoms. The molecule has 0 aromatic rings. The van der Waals surface area contributed by atoms with Gasteiger partial charge >= 0.3 is 0 Å². The molecular weight excluding hydrogens is 160 g/mol. The summed E-state index contributed by atoms with van der Waals surface area (Å²) in [5.74, 6) is 0. The fourth-order valence-electron chi connectivity index (χ4n) is 0.960. The van der Waals surface area contributed by atoms with Crippen LogP contribution in [-0.2, 0) is 0 Å². The molecule has 0 aromatic heterocycles. The molecule has 0 rings (SSSR count). The summed E-state index contributed by atoms with van der Waals surface area (Å²) < 4.78 is 0. The van der Waals surface area contributed by atoms with E-state index >= 15 is 0 Å². The summed E-state index contributed by atoms with van der Waals surface area (Å²) in [5, 5.41) is 12.0. The molecule has 0 aliphatic rings. The number of rotatable bonds is 5. The molecule has 2 nitrogen and oxygen atoms in total. The van der Waals surface area contributed by atoms with Crippen LogP contribution in [0.25, 0.3) is 0 Å². The van der Waals surface area contributed by atoms with Gasteiger partial charge in [-0.2, -0.15) is 5.26 Å². The lowest BCUT2D eigenvalue weighted by Crippen LogP contribution is -2.34. The molecule has 0 saturated heterocycles. The van der Waals surface area contributed by atoms with Crippen LogP contribution in [0, 0.1) is 11.3 Å². The average molecular weight is 176 g/mol. The van der Waals surface area contributed by atoms with Crippen LogP contribution in [0.2, 0.25) is 0 Å². The number of allylic oxidation sites excluding steroid dienone is 2.